The second-order valence-electron chi connectivity index (χ2n) is 6.96. The van der Waals surface area contributed by atoms with Crippen LogP contribution in [0.2, 0.25) is 0 Å². The fourth-order valence-corrected chi connectivity index (χ4v) is 4.78. The van der Waals surface area contributed by atoms with Gasteiger partial charge in [0, 0.05) is 25.6 Å². The first-order chi connectivity index (χ1) is 12.2. The van der Waals surface area contributed by atoms with Crippen LogP contribution < -0.4 is 14.3 Å². The van der Waals surface area contributed by atoms with E-state index in [1.807, 2.05) is 23.7 Å². The molecule has 1 aromatic heterocycles. The molecule has 25 heavy (non-hydrogen) atoms. The van der Waals surface area contributed by atoms with E-state index in [0.717, 1.165) is 32.9 Å². The molecular formula is C19H24N2O3S. The number of fused-ring (bicyclic) bond motifs is 2. The van der Waals surface area contributed by atoms with Crippen molar-refractivity contribution in [1.29, 1.82) is 0 Å². The topological polar surface area (TPSA) is 52.8 Å². The molecular weight excluding hydrogens is 336 g/mol. The molecule has 0 spiro atoms. The van der Waals surface area contributed by atoms with Crippen LogP contribution >= 0.6 is 11.3 Å². The summed E-state index contributed by atoms with van der Waals surface area (Å²) >= 11 is 1.53. The van der Waals surface area contributed by atoms with Gasteiger partial charge in [-0.2, -0.15) is 4.99 Å². The molecule has 0 bridgehead atoms. The lowest BCUT2D eigenvalue weighted by atomic mass is 9.86. The molecule has 2 heterocycles. The number of amides is 1. The molecule has 6 heteroatoms. The number of carbonyl (C=O) groups excluding carboxylic acids is 1. The molecule has 1 aromatic carbocycles. The van der Waals surface area contributed by atoms with Crippen LogP contribution in [0.15, 0.2) is 17.1 Å². The molecule has 4 rings (SSSR count). The molecule has 5 nitrogen and oxygen atoms in total. The number of ether oxygens (including phenoxy) is 2. The Balaban J connectivity index is 1.54. The first kappa shape index (κ1) is 16.6. The zero-order valence-corrected chi connectivity index (χ0v) is 15.4. The van der Waals surface area contributed by atoms with E-state index < -0.39 is 0 Å². The fraction of sp³-hybridized carbons (Fsp3) is 0.579. The summed E-state index contributed by atoms with van der Waals surface area (Å²) in [6, 6.07) is 3.96. The molecule has 1 saturated carbocycles. The Hall–Kier alpha value is -1.82. The number of hydrogen-bond acceptors (Lipinski definition) is 4. The Bertz CT molecular complexity index is 846. The maximum absolute atomic E-state index is 12.3. The van der Waals surface area contributed by atoms with Crippen LogP contribution in [-0.2, 0) is 11.8 Å². The molecule has 1 aliphatic carbocycles. The molecule has 1 amide bonds. The largest absolute Gasteiger partial charge is 0.486 e. The highest BCUT2D eigenvalue weighted by molar-refractivity contribution is 7.16. The van der Waals surface area contributed by atoms with Gasteiger partial charge in [-0.25, -0.2) is 0 Å². The summed E-state index contributed by atoms with van der Waals surface area (Å²) in [7, 11) is 1.95. The molecule has 1 fully saturated rings. The second kappa shape index (κ2) is 7.20. The van der Waals surface area contributed by atoms with Gasteiger partial charge in [-0.3, -0.25) is 4.79 Å². The summed E-state index contributed by atoms with van der Waals surface area (Å²) < 4.78 is 14.3. The van der Waals surface area contributed by atoms with Crippen molar-refractivity contribution in [3.8, 4) is 11.5 Å². The zero-order valence-electron chi connectivity index (χ0n) is 14.6. The van der Waals surface area contributed by atoms with Crippen molar-refractivity contribution in [3.63, 3.8) is 0 Å². The van der Waals surface area contributed by atoms with Gasteiger partial charge < -0.3 is 14.0 Å². The third kappa shape index (κ3) is 3.59. The lowest BCUT2D eigenvalue weighted by molar-refractivity contribution is -0.118. The van der Waals surface area contributed by atoms with E-state index in [4.69, 9.17) is 9.47 Å². The average Bonchev–Trinajstić information content (AvgIpc) is 2.94. The fourth-order valence-electron chi connectivity index (χ4n) is 3.74. The first-order valence-corrected chi connectivity index (χ1v) is 9.99. The first-order valence-electron chi connectivity index (χ1n) is 9.17. The van der Waals surface area contributed by atoms with E-state index in [9.17, 15) is 4.79 Å². The smallest absolute Gasteiger partial charge is 0.248 e. The van der Waals surface area contributed by atoms with Crippen molar-refractivity contribution < 1.29 is 14.3 Å². The van der Waals surface area contributed by atoms with Gasteiger partial charge in [0.1, 0.15) is 13.2 Å². The van der Waals surface area contributed by atoms with Crippen LogP contribution in [0, 0.1) is 5.92 Å². The Morgan fingerprint density at radius 2 is 1.92 bits per heavy atom. The van der Waals surface area contributed by atoms with E-state index in [0.29, 0.717) is 25.6 Å². The molecule has 0 N–H and O–H groups in total. The second-order valence-corrected chi connectivity index (χ2v) is 7.96. The number of rotatable bonds is 3. The summed E-state index contributed by atoms with van der Waals surface area (Å²) in [5.41, 5.74) is 1.02. The van der Waals surface area contributed by atoms with Crippen molar-refractivity contribution in [2.75, 3.05) is 13.2 Å². The minimum absolute atomic E-state index is 0.00927. The monoisotopic (exact) mass is 360 g/mol. The van der Waals surface area contributed by atoms with Crippen LogP contribution in [0.4, 0.5) is 0 Å². The number of hydrogen-bond donors (Lipinski definition) is 0. The SMILES string of the molecule is Cn1c(=NC(=O)CCC2CCCCC2)sc2cc3c(cc21)OCCO3. The molecule has 1 aliphatic heterocycles. The third-order valence-electron chi connectivity index (χ3n) is 5.18. The lowest BCUT2D eigenvalue weighted by Gasteiger charge is -2.20. The number of nitrogens with zero attached hydrogens (tertiary/aromatic N) is 2. The Morgan fingerprint density at radius 1 is 1.20 bits per heavy atom. The Kier molecular flexibility index (Phi) is 4.79. The number of benzene rings is 1. The standard InChI is InChI=1S/C19H24N2O3S/c1-21-14-11-15-16(24-10-9-23-15)12-17(14)25-19(21)20-18(22)8-7-13-5-3-2-4-6-13/h11-13H,2-10H2,1H3. The van der Waals surface area contributed by atoms with E-state index >= 15 is 0 Å². The van der Waals surface area contributed by atoms with Crippen molar-refractivity contribution in [2.45, 2.75) is 44.9 Å². The van der Waals surface area contributed by atoms with Crippen LogP contribution in [0.25, 0.3) is 10.2 Å². The van der Waals surface area contributed by atoms with Gasteiger partial charge in [0.15, 0.2) is 16.3 Å². The van der Waals surface area contributed by atoms with Gasteiger partial charge in [0.2, 0.25) is 5.91 Å². The van der Waals surface area contributed by atoms with Gasteiger partial charge in [0.25, 0.3) is 0 Å². The highest BCUT2D eigenvalue weighted by atomic mass is 32.1. The number of thiazole rings is 1. The van der Waals surface area contributed by atoms with Gasteiger partial charge in [-0.15, -0.1) is 0 Å². The predicted octanol–water partition coefficient (Wildman–Crippen LogP) is 3.80. The summed E-state index contributed by atoms with van der Waals surface area (Å²) in [5.74, 6) is 2.24. The van der Waals surface area contributed by atoms with E-state index in [-0.39, 0.29) is 5.91 Å². The predicted molar refractivity (Wildman–Crippen MR) is 98.2 cm³/mol. The van der Waals surface area contributed by atoms with E-state index in [2.05, 4.69) is 4.99 Å². The highest BCUT2D eigenvalue weighted by Crippen LogP contribution is 2.35. The van der Waals surface area contributed by atoms with Crippen molar-refractivity contribution >= 4 is 27.5 Å². The zero-order chi connectivity index (χ0) is 17.2. The highest BCUT2D eigenvalue weighted by Gasteiger charge is 2.17. The summed E-state index contributed by atoms with van der Waals surface area (Å²) in [6.07, 6.45) is 8.07. The maximum atomic E-state index is 12.3. The normalized spacial score (nSPS) is 18.7. The molecule has 0 atom stereocenters. The molecule has 0 radical (unpaired) electrons. The van der Waals surface area contributed by atoms with Crippen LogP contribution in [0.3, 0.4) is 0 Å². The van der Waals surface area contributed by atoms with Crippen LogP contribution in [0.1, 0.15) is 44.9 Å². The summed E-state index contributed by atoms with van der Waals surface area (Å²) in [6.45, 7) is 1.15. The summed E-state index contributed by atoms with van der Waals surface area (Å²) in [4.78, 5) is 17.4. The third-order valence-corrected chi connectivity index (χ3v) is 6.28. The number of carbonyl (C=O) groups is 1. The van der Waals surface area contributed by atoms with Crippen molar-refractivity contribution in [1.82, 2.24) is 4.57 Å². The molecule has 0 saturated heterocycles. The van der Waals surface area contributed by atoms with Gasteiger partial charge in [0.05, 0.1) is 10.2 Å². The Labute approximate surface area is 151 Å². The van der Waals surface area contributed by atoms with E-state index in [1.165, 1.54) is 43.4 Å². The lowest BCUT2D eigenvalue weighted by Crippen LogP contribution is -2.16. The van der Waals surface area contributed by atoms with Crippen LogP contribution in [0.5, 0.6) is 11.5 Å². The summed E-state index contributed by atoms with van der Waals surface area (Å²) in [5, 5.41) is 0. The van der Waals surface area contributed by atoms with Gasteiger partial charge in [-0.1, -0.05) is 43.4 Å². The van der Waals surface area contributed by atoms with Gasteiger partial charge >= 0.3 is 0 Å². The number of aryl methyl sites for hydroxylation is 1. The minimum atomic E-state index is -0.00927. The minimum Gasteiger partial charge on any atom is -0.486 e. The molecule has 2 aliphatic rings. The molecule has 0 unspecified atom stereocenters. The average molecular weight is 360 g/mol. The number of aromatic nitrogens is 1. The molecule has 2 aromatic rings. The van der Waals surface area contributed by atoms with Crippen molar-refractivity contribution in [3.05, 3.63) is 16.9 Å². The molecule has 134 valence electrons. The quantitative estimate of drug-likeness (QED) is 0.837. The maximum Gasteiger partial charge on any atom is 0.248 e. The van der Waals surface area contributed by atoms with E-state index in [1.54, 1.807) is 0 Å². The Morgan fingerprint density at radius 3 is 2.68 bits per heavy atom. The van der Waals surface area contributed by atoms with Crippen molar-refractivity contribution in [2.24, 2.45) is 18.0 Å². The van der Waals surface area contributed by atoms with Gasteiger partial charge in [-0.05, 0) is 12.3 Å². The van der Waals surface area contributed by atoms with Crippen LogP contribution in [-0.4, -0.2) is 23.7 Å².